The first-order valence-corrected chi connectivity index (χ1v) is 6.69. The number of hydrogen-bond acceptors (Lipinski definition) is 8. The predicted molar refractivity (Wildman–Crippen MR) is 72.0 cm³/mol. The summed E-state index contributed by atoms with van der Waals surface area (Å²) in [5.41, 5.74) is 5.93. The zero-order chi connectivity index (χ0) is 13.1. The molecule has 0 radical (unpaired) electrons. The summed E-state index contributed by atoms with van der Waals surface area (Å²) in [6.07, 6.45) is 1.80. The number of nitrogens with zero attached hydrogens (tertiary/aromatic N) is 2. The van der Waals surface area contributed by atoms with E-state index >= 15 is 0 Å². The molecule has 18 heavy (non-hydrogen) atoms. The maximum atomic E-state index is 11.5. The van der Waals surface area contributed by atoms with Crippen molar-refractivity contribution < 1.29 is 9.53 Å². The Morgan fingerprint density at radius 2 is 2.39 bits per heavy atom. The number of carbonyl (C=O) groups is 1. The molecule has 0 fully saturated rings. The minimum Gasteiger partial charge on any atom is -0.465 e. The highest BCUT2D eigenvalue weighted by Crippen LogP contribution is 2.28. The zero-order valence-electron chi connectivity index (χ0n) is 9.89. The Bertz CT molecular complexity index is 564. The molecule has 0 bridgehead atoms. The molecule has 0 spiro atoms. The van der Waals surface area contributed by atoms with Crippen molar-refractivity contribution in [3.63, 3.8) is 0 Å². The van der Waals surface area contributed by atoms with E-state index < -0.39 is 5.97 Å². The van der Waals surface area contributed by atoms with Crippen LogP contribution in [0.2, 0.25) is 0 Å². The second-order valence-electron chi connectivity index (χ2n) is 3.46. The van der Waals surface area contributed by atoms with Crippen LogP contribution in [0.25, 0.3) is 0 Å². The molecule has 3 N–H and O–H groups in total. The highest BCUT2D eigenvalue weighted by atomic mass is 32.1. The van der Waals surface area contributed by atoms with Gasteiger partial charge in [-0.3, -0.25) is 0 Å². The Morgan fingerprint density at radius 3 is 3.00 bits per heavy atom. The lowest BCUT2D eigenvalue weighted by Gasteiger charge is -2.03. The van der Waals surface area contributed by atoms with Gasteiger partial charge in [-0.25, -0.2) is 9.78 Å². The van der Waals surface area contributed by atoms with Gasteiger partial charge in [0.2, 0.25) is 0 Å². The summed E-state index contributed by atoms with van der Waals surface area (Å²) in [5, 5.41) is 4.74. The number of aryl methyl sites for hydroxylation is 1. The Hall–Kier alpha value is -1.67. The minimum atomic E-state index is -0.482. The van der Waals surface area contributed by atoms with Crippen LogP contribution in [0.15, 0.2) is 6.20 Å². The van der Waals surface area contributed by atoms with Gasteiger partial charge in [0, 0.05) is 11.1 Å². The summed E-state index contributed by atoms with van der Waals surface area (Å²) >= 11 is 2.74. The monoisotopic (exact) mass is 284 g/mol. The molecule has 2 aromatic rings. The van der Waals surface area contributed by atoms with E-state index in [1.807, 2.05) is 6.92 Å². The fraction of sp³-hybridized carbons (Fsp3) is 0.300. The van der Waals surface area contributed by atoms with Crippen LogP contribution in [-0.4, -0.2) is 22.4 Å². The molecule has 8 heteroatoms. The molecule has 2 heterocycles. The third-order valence-corrected chi connectivity index (χ3v) is 3.93. The van der Waals surface area contributed by atoms with Crippen molar-refractivity contribution in [2.45, 2.75) is 13.5 Å². The number of nitrogen functional groups attached to an aromatic ring is 1. The van der Waals surface area contributed by atoms with Crippen LogP contribution in [0.1, 0.15) is 20.2 Å². The number of ether oxygens (including phenoxy) is 1. The predicted octanol–water partition coefficient (Wildman–Crippen LogP) is 1.89. The van der Waals surface area contributed by atoms with Crippen molar-refractivity contribution in [2.75, 3.05) is 18.2 Å². The third-order valence-electron chi connectivity index (χ3n) is 2.20. The fourth-order valence-corrected chi connectivity index (χ4v) is 2.81. The largest absolute Gasteiger partial charge is 0.465 e. The molecule has 96 valence electrons. The SMILES string of the molecule is COC(=O)c1c(N)nsc1NCc1cnc(C)s1. The van der Waals surface area contributed by atoms with E-state index in [1.165, 1.54) is 7.11 Å². The highest BCUT2D eigenvalue weighted by molar-refractivity contribution is 7.12. The maximum Gasteiger partial charge on any atom is 0.344 e. The standard InChI is InChI=1S/C10H12N4O2S2/c1-5-12-3-6(17-5)4-13-9-7(10(15)16-2)8(11)14-18-9/h3,13H,4H2,1-2H3,(H2,11,14). The van der Waals surface area contributed by atoms with Crippen molar-refractivity contribution >= 4 is 39.7 Å². The van der Waals surface area contributed by atoms with Crippen LogP contribution < -0.4 is 11.1 Å². The normalized spacial score (nSPS) is 10.3. The van der Waals surface area contributed by atoms with Gasteiger partial charge in [-0.1, -0.05) is 0 Å². The lowest BCUT2D eigenvalue weighted by atomic mass is 10.3. The van der Waals surface area contributed by atoms with Crippen molar-refractivity contribution in [1.29, 1.82) is 0 Å². The molecule has 0 atom stereocenters. The van der Waals surface area contributed by atoms with Crippen molar-refractivity contribution in [2.24, 2.45) is 0 Å². The number of nitrogens with two attached hydrogens (primary N) is 1. The van der Waals surface area contributed by atoms with Crippen LogP contribution in [0.3, 0.4) is 0 Å². The van der Waals surface area contributed by atoms with E-state index in [-0.39, 0.29) is 5.82 Å². The maximum absolute atomic E-state index is 11.5. The summed E-state index contributed by atoms with van der Waals surface area (Å²) in [6, 6.07) is 0. The van der Waals surface area contributed by atoms with Crippen LogP contribution >= 0.6 is 22.9 Å². The van der Waals surface area contributed by atoms with Crippen LogP contribution in [0.5, 0.6) is 0 Å². The lowest BCUT2D eigenvalue weighted by molar-refractivity contribution is 0.0603. The zero-order valence-corrected chi connectivity index (χ0v) is 11.5. The quantitative estimate of drug-likeness (QED) is 0.833. The van der Waals surface area contributed by atoms with Crippen molar-refractivity contribution in [1.82, 2.24) is 9.36 Å². The first-order valence-electron chi connectivity index (χ1n) is 5.10. The minimum absolute atomic E-state index is 0.190. The molecule has 0 aromatic carbocycles. The van der Waals surface area contributed by atoms with E-state index in [0.717, 1.165) is 21.4 Å². The molecule has 0 aliphatic rings. The Labute approximate surface area is 112 Å². The van der Waals surface area contributed by atoms with Gasteiger partial charge in [-0.05, 0) is 18.5 Å². The third kappa shape index (κ3) is 2.59. The molecule has 2 aromatic heterocycles. The van der Waals surface area contributed by atoms with Gasteiger partial charge in [0.25, 0.3) is 0 Å². The summed E-state index contributed by atoms with van der Waals surface area (Å²) in [5.74, 6) is -0.293. The number of thiazole rings is 1. The molecular formula is C10H12N4O2S2. The summed E-state index contributed by atoms with van der Waals surface area (Å²) < 4.78 is 8.62. The van der Waals surface area contributed by atoms with Gasteiger partial charge in [0.15, 0.2) is 5.82 Å². The van der Waals surface area contributed by atoms with Crippen LogP contribution in [0.4, 0.5) is 10.8 Å². The molecular weight excluding hydrogens is 272 g/mol. The smallest absolute Gasteiger partial charge is 0.344 e. The number of nitrogens with one attached hydrogen (secondary N) is 1. The highest BCUT2D eigenvalue weighted by Gasteiger charge is 2.19. The Kier molecular flexibility index (Phi) is 3.78. The summed E-state index contributed by atoms with van der Waals surface area (Å²) in [4.78, 5) is 16.8. The Morgan fingerprint density at radius 1 is 1.61 bits per heavy atom. The first kappa shape index (κ1) is 12.8. The number of hydrogen-bond donors (Lipinski definition) is 2. The number of carbonyl (C=O) groups excluding carboxylic acids is 1. The van der Waals surface area contributed by atoms with Crippen LogP contribution in [-0.2, 0) is 11.3 Å². The summed E-state index contributed by atoms with van der Waals surface area (Å²) in [6.45, 7) is 2.52. The van der Waals surface area contributed by atoms with Gasteiger partial charge in [0.1, 0.15) is 10.6 Å². The molecule has 2 rings (SSSR count). The van der Waals surface area contributed by atoms with E-state index in [1.54, 1.807) is 17.5 Å². The van der Waals surface area contributed by atoms with Gasteiger partial charge in [0.05, 0.1) is 18.7 Å². The number of aromatic nitrogens is 2. The molecule has 0 unspecified atom stereocenters. The number of esters is 1. The van der Waals surface area contributed by atoms with Gasteiger partial charge in [-0.15, -0.1) is 11.3 Å². The van der Waals surface area contributed by atoms with Crippen molar-refractivity contribution in [3.8, 4) is 0 Å². The topological polar surface area (TPSA) is 90.1 Å². The Balaban J connectivity index is 2.12. The molecule has 0 amide bonds. The average Bonchev–Trinajstić information content (AvgIpc) is 2.92. The molecule has 0 saturated carbocycles. The van der Waals surface area contributed by atoms with Gasteiger partial charge >= 0.3 is 5.97 Å². The molecule has 0 saturated heterocycles. The molecule has 6 nitrogen and oxygen atoms in total. The second-order valence-corrected chi connectivity index (χ2v) is 5.56. The van der Waals surface area contributed by atoms with E-state index in [0.29, 0.717) is 17.1 Å². The van der Waals surface area contributed by atoms with Gasteiger partial charge < -0.3 is 15.8 Å². The van der Waals surface area contributed by atoms with E-state index in [2.05, 4.69) is 19.4 Å². The average molecular weight is 284 g/mol. The number of rotatable bonds is 4. The van der Waals surface area contributed by atoms with E-state index in [9.17, 15) is 4.79 Å². The van der Waals surface area contributed by atoms with Crippen molar-refractivity contribution in [3.05, 3.63) is 21.6 Å². The number of methoxy groups -OCH3 is 1. The summed E-state index contributed by atoms with van der Waals surface area (Å²) in [7, 11) is 1.32. The molecule has 0 aliphatic heterocycles. The molecule has 0 aliphatic carbocycles. The second kappa shape index (κ2) is 5.32. The number of anilines is 2. The first-order chi connectivity index (χ1) is 8.61. The fourth-order valence-electron chi connectivity index (χ4n) is 1.38. The van der Waals surface area contributed by atoms with Gasteiger partial charge in [-0.2, -0.15) is 4.37 Å². The van der Waals surface area contributed by atoms with E-state index in [4.69, 9.17) is 5.73 Å². The lowest BCUT2D eigenvalue weighted by Crippen LogP contribution is -2.07. The van der Waals surface area contributed by atoms with Crippen LogP contribution in [0, 0.1) is 6.92 Å².